The molecule has 1 unspecified atom stereocenters. The Hall–Kier alpha value is -2.06. The Morgan fingerprint density at radius 2 is 2.12 bits per heavy atom. The van der Waals surface area contributed by atoms with E-state index in [1.54, 1.807) is 16.8 Å². The lowest BCUT2D eigenvalue weighted by molar-refractivity contribution is -0.142. The molecule has 1 N–H and O–H groups in total. The first-order valence-electron chi connectivity index (χ1n) is 7.59. The zero-order chi connectivity index (χ0) is 17.7. The van der Waals surface area contributed by atoms with Crippen LogP contribution in [0.2, 0.25) is 0 Å². The third kappa shape index (κ3) is 5.24. The van der Waals surface area contributed by atoms with Crippen molar-refractivity contribution >= 4 is 11.9 Å². The molecule has 0 bridgehead atoms. The van der Waals surface area contributed by atoms with Gasteiger partial charge in [-0.15, -0.1) is 0 Å². The van der Waals surface area contributed by atoms with E-state index in [0.717, 1.165) is 12.1 Å². The molecular weight excluding hydrogens is 322 g/mol. The van der Waals surface area contributed by atoms with E-state index in [-0.39, 0.29) is 25.0 Å². The number of benzene rings is 1. The van der Waals surface area contributed by atoms with Crippen LogP contribution in [0.5, 0.6) is 0 Å². The van der Waals surface area contributed by atoms with Crippen LogP contribution in [0.1, 0.15) is 5.56 Å². The van der Waals surface area contributed by atoms with Crippen LogP contribution in [-0.2, 0) is 20.7 Å². The second-order valence-corrected chi connectivity index (χ2v) is 5.85. The van der Waals surface area contributed by atoms with Crippen molar-refractivity contribution in [3.8, 4) is 0 Å². The normalized spacial score (nSPS) is 18.0. The Morgan fingerprint density at radius 1 is 1.38 bits per heavy atom. The second kappa shape index (κ2) is 8.16. The first-order chi connectivity index (χ1) is 11.3. The topological polar surface area (TPSA) is 70.1 Å². The molecule has 1 amide bonds. The molecule has 1 aromatic rings. The molecule has 8 heteroatoms. The maximum absolute atomic E-state index is 13.2. The highest BCUT2D eigenvalue weighted by atomic mass is 19.2. The number of hydrogen-bond donors (Lipinski definition) is 1. The van der Waals surface area contributed by atoms with Crippen molar-refractivity contribution in [2.45, 2.75) is 12.5 Å². The van der Waals surface area contributed by atoms with Crippen LogP contribution in [0.3, 0.4) is 0 Å². The minimum absolute atomic E-state index is 0.0190. The fourth-order valence-electron chi connectivity index (χ4n) is 2.64. The van der Waals surface area contributed by atoms with Gasteiger partial charge in [0, 0.05) is 19.6 Å². The number of carboxylic acid groups (broad SMARTS) is 1. The van der Waals surface area contributed by atoms with Gasteiger partial charge in [0.2, 0.25) is 5.91 Å². The number of aliphatic carboxylic acids is 1. The van der Waals surface area contributed by atoms with Gasteiger partial charge in [-0.1, -0.05) is 6.07 Å². The number of hydrogen-bond acceptors (Lipinski definition) is 4. The Kier molecular flexibility index (Phi) is 6.22. The summed E-state index contributed by atoms with van der Waals surface area (Å²) in [7, 11) is 1.67. The molecule has 0 aliphatic carbocycles. The zero-order valence-corrected chi connectivity index (χ0v) is 13.4. The Bertz CT molecular complexity index is 612. The summed E-state index contributed by atoms with van der Waals surface area (Å²) >= 11 is 0. The number of carboxylic acids is 1. The lowest BCUT2D eigenvalue weighted by Crippen LogP contribution is -2.50. The number of likely N-dealkylation sites (N-methyl/N-ethyl adjacent to an activating group) is 1. The van der Waals surface area contributed by atoms with Crippen molar-refractivity contribution in [3.05, 3.63) is 35.4 Å². The van der Waals surface area contributed by atoms with E-state index >= 15 is 0 Å². The summed E-state index contributed by atoms with van der Waals surface area (Å²) < 4.78 is 31.7. The lowest BCUT2D eigenvalue weighted by Gasteiger charge is -2.34. The predicted octanol–water partition coefficient (Wildman–Crippen LogP) is 0.751. The molecule has 1 aliphatic rings. The number of morpholine rings is 1. The summed E-state index contributed by atoms with van der Waals surface area (Å²) in [5.41, 5.74) is 0.407. The zero-order valence-electron chi connectivity index (χ0n) is 13.4. The molecule has 1 heterocycles. The van der Waals surface area contributed by atoms with E-state index in [9.17, 15) is 18.4 Å². The molecule has 6 nitrogen and oxygen atoms in total. The molecule has 1 saturated heterocycles. The monoisotopic (exact) mass is 342 g/mol. The molecule has 0 saturated carbocycles. The predicted molar refractivity (Wildman–Crippen MR) is 81.5 cm³/mol. The van der Waals surface area contributed by atoms with E-state index in [4.69, 9.17) is 9.84 Å². The highest BCUT2D eigenvalue weighted by Gasteiger charge is 2.25. The first-order valence-corrected chi connectivity index (χ1v) is 7.59. The number of carbonyl (C=O) groups is 2. The highest BCUT2D eigenvalue weighted by molar-refractivity contribution is 5.78. The average Bonchev–Trinajstić information content (AvgIpc) is 2.50. The van der Waals surface area contributed by atoms with E-state index in [1.807, 2.05) is 0 Å². The number of halogens is 2. The average molecular weight is 342 g/mol. The van der Waals surface area contributed by atoms with Crippen molar-refractivity contribution in [3.63, 3.8) is 0 Å². The van der Waals surface area contributed by atoms with Crippen molar-refractivity contribution in [1.29, 1.82) is 0 Å². The molecule has 1 aliphatic heterocycles. The largest absolute Gasteiger partial charge is 0.480 e. The number of ether oxygens (including phenoxy) is 1. The summed E-state index contributed by atoms with van der Waals surface area (Å²) in [4.78, 5) is 26.2. The first kappa shape index (κ1) is 18.3. The minimum Gasteiger partial charge on any atom is -0.480 e. The van der Waals surface area contributed by atoms with Gasteiger partial charge in [-0.3, -0.25) is 14.5 Å². The molecule has 1 atom stereocenters. The third-order valence-electron chi connectivity index (χ3n) is 3.75. The van der Waals surface area contributed by atoms with Crippen LogP contribution in [0.15, 0.2) is 18.2 Å². The number of amides is 1. The van der Waals surface area contributed by atoms with Gasteiger partial charge in [-0.05, 0) is 24.7 Å². The molecule has 0 spiro atoms. The summed E-state index contributed by atoms with van der Waals surface area (Å²) in [6.07, 6.45) is -0.300. The number of nitrogens with zero attached hydrogens (tertiary/aromatic N) is 2. The molecule has 1 aromatic carbocycles. The van der Waals surface area contributed by atoms with Crippen molar-refractivity contribution in [2.75, 3.05) is 39.8 Å². The summed E-state index contributed by atoms with van der Waals surface area (Å²) in [6.45, 7) is 1.40. The molecule has 1 fully saturated rings. The van der Waals surface area contributed by atoms with Crippen molar-refractivity contribution in [1.82, 2.24) is 9.80 Å². The highest BCUT2D eigenvalue weighted by Crippen LogP contribution is 2.12. The fourth-order valence-corrected chi connectivity index (χ4v) is 2.64. The van der Waals surface area contributed by atoms with Gasteiger partial charge in [-0.2, -0.15) is 0 Å². The molecule has 24 heavy (non-hydrogen) atoms. The summed E-state index contributed by atoms with van der Waals surface area (Å²) in [5, 5.41) is 8.76. The van der Waals surface area contributed by atoms with E-state index < -0.39 is 17.6 Å². The fraction of sp³-hybridized carbons (Fsp3) is 0.500. The van der Waals surface area contributed by atoms with Gasteiger partial charge < -0.3 is 14.7 Å². The Balaban J connectivity index is 1.89. The van der Waals surface area contributed by atoms with Gasteiger partial charge in [0.05, 0.1) is 25.7 Å². The van der Waals surface area contributed by atoms with Gasteiger partial charge in [0.1, 0.15) is 0 Å². The van der Waals surface area contributed by atoms with Crippen molar-refractivity contribution in [2.24, 2.45) is 0 Å². The SMILES string of the molecule is CN(CC(=O)O)CC1CN(C(=O)Cc2ccc(F)c(F)c2)CCO1. The standard InChI is InChI=1S/C16H20F2N2O4/c1-19(10-16(22)23)8-12-9-20(4-5-24-12)15(21)7-11-2-3-13(17)14(18)6-11/h2-3,6,12H,4-5,7-10H2,1H3,(H,22,23). The van der Waals surface area contributed by atoms with Gasteiger partial charge in [-0.25, -0.2) is 8.78 Å². The van der Waals surface area contributed by atoms with Crippen LogP contribution < -0.4 is 0 Å². The maximum Gasteiger partial charge on any atom is 0.317 e. The molecule has 2 rings (SSSR count). The smallest absolute Gasteiger partial charge is 0.317 e. The van der Waals surface area contributed by atoms with Gasteiger partial charge >= 0.3 is 5.97 Å². The van der Waals surface area contributed by atoms with Crippen LogP contribution >= 0.6 is 0 Å². The van der Waals surface area contributed by atoms with Gasteiger partial charge in [0.15, 0.2) is 11.6 Å². The Morgan fingerprint density at radius 3 is 2.79 bits per heavy atom. The maximum atomic E-state index is 13.2. The summed E-state index contributed by atoms with van der Waals surface area (Å²) in [6, 6.07) is 3.40. The Labute approximate surface area is 138 Å². The quantitative estimate of drug-likeness (QED) is 0.826. The lowest BCUT2D eigenvalue weighted by atomic mass is 10.1. The van der Waals surface area contributed by atoms with E-state index in [2.05, 4.69) is 0 Å². The molecular formula is C16H20F2N2O4. The minimum atomic E-state index is -0.976. The molecule has 0 aromatic heterocycles. The van der Waals surface area contributed by atoms with Crippen molar-refractivity contribution < 1.29 is 28.2 Å². The van der Waals surface area contributed by atoms with Crippen LogP contribution in [-0.4, -0.2) is 72.7 Å². The van der Waals surface area contributed by atoms with Crippen LogP contribution in [0, 0.1) is 11.6 Å². The third-order valence-corrected chi connectivity index (χ3v) is 3.75. The number of rotatable bonds is 6. The molecule has 132 valence electrons. The summed E-state index contributed by atoms with van der Waals surface area (Å²) in [5.74, 6) is -3.05. The van der Waals surface area contributed by atoms with Crippen LogP contribution in [0.4, 0.5) is 8.78 Å². The van der Waals surface area contributed by atoms with Crippen LogP contribution in [0.25, 0.3) is 0 Å². The van der Waals surface area contributed by atoms with E-state index in [1.165, 1.54) is 6.07 Å². The van der Waals surface area contributed by atoms with E-state index in [0.29, 0.717) is 31.8 Å². The molecule has 0 radical (unpaired) electrons. The number of carbonyl (C=O) groups excluding carboxylic acids is 1. The van der Waals surface area contributed by atoms with Gasteiger partial charge in [0.25, 0.3) is 0 Å². The second-order valence-electron chi connectivity index (χ2n) is 5.85.